The molecule has 0 saturated carbocycles. The molecule has 1 saturated heterocycles. The van der Waals surface area contributed by atoms with Crippen LogP contribution in [0.4, 0.5) is 25.1 Å². The largest absolute Gasteiger partial charge is 0.463 e. The molecule has 0 bridgehead atoms. The number of nitrogens with zero attached hydrogens (tertiary/aromatic N) is 3. The van der Waals surface area contributed by atoms with Crippen molar-refractivity contribution < 1.29 is 36.6 Å². The predicted molar refractivity (Wildman–Crippen MR) is 159 cm³/mol. The summed E-state index contributed by atoms with van der Waals surface area (Å²) in [5.41, 5.74) is 1.87. The van der Waals surface area contributed by atoms with Crippen molar-refractivity contribution in [2.24, 2.45) is 0 Å². The summed E-state index contributed by atoms with van der Waals surface area (Å²) in [5, 5.41) is 19.8. The summed E-state index contributed by atoms with van der Waals surface area (Å²) in [4.78, 5) is 26.7. The Bertz CT molecular complexity index is 1820. The Morgan fingerprint density at radius 1 is 1.02 bits per heavy atom. The van der Waals surface area contributed by atoms with E-state index >= 15 is 0 Å². The Morgan fingerprint density at radius 2 is 1.73 bits per heavy atom. The number of carbonyl (C=O) groups is 2. The third-order valence-corrected chi connectivity index (χ3v) is 9.01. The van der Waals surface area contributed by atoms with Crippen LogP contribution in [0.25, 0.3) is 10.9 Å². The van der Waals surface area contributed by atoms with Crippen LogP contribution in [-0.4, -0.2) is 80.1 Å². The lowest BCUT2D eigenvalue weighted by Gasteiger charge is -2.25. The Kier molecular flexibility index (Phi) is 8.95. The van der Waals surface area contributed by atoms with Gasteiger partial charge in [-0.05, 0) is 81.4 Å². The molecule has 1 amide bonds. The number of amides is 1. The molecular weight excluding hydrogens is 596 g/mol. The van der Waals surface area contributed by atoms with Crippen molar-refractivity contribution in [1.82, 2.24) is 14.7 Å². The average molecular weight is 628 g/mol. The molecule has 2 heterocycles. The summed E-state index contributed by atoms with van der Waals surface area (Å²) in [7, 11) is -0.486. The van der Waals surface area contributed by atoms with Crippen LogP contribution in [0.15, 0.2) is 64.4 Å². The number of hydrogen-bond donors (Lipinski definition) is 3. The van der Waals surface area contributed by atoms with E-state index in [0.717, 1.165) is 43.5 Å². The predicted octanol–water partition coefficient (Wildman–Crippen LogP) is 4.62. The Balaban J connectivity index is 1.52. The Morgan fingerprint density at radius 3 is 2.39 bits per heavy atom. The molecule has 1 aliphatic heterocycles. The third-order valence-electron chi connectivity index (χ3n) is 7.28. The van der Waals surface area contributed by atoms with Crippen molar-refractivity contribution in [2.75, 3.05) is 44.5 Å². The molecule has 3 aromatic carbocycles. The molecule has 44 heavy (non-hydrogen) atoms. The van der Waals surface area contributed by atoms with Gasteiger partial charge >= 0.3 is 6.09 Å². The number of rotatable bonds is 9. The summed E-state index contributed by atoms with van der Waals surface area (Å²) in [5.74, 6) is -2.96. The molecule has 3 N–H and O–H groups in total. The number of nitrogens with one attached hydrogen (secondary N) is 2. The first-order valence-electron chi connectivity index (χ1n) is 13.8. The summed E-state index contributed by atoms with van der Waals surface area (Å²) in [6.07, 6.45) is 0.786. The number of benzene rings is 3. The highest BCUT2D eigenvalue weighted by atomic mass is 32.2. The van der Waals surface area contributed by atoms with Gasteiger partial charge < -0.3 is 25.4 Å². The van der Waals surface area contributed by atoms with Crippen molar-refractivity contribution >= 4 is 44.2 Å². The van der Waals surface area contributed by atoms with Gasteiger partial charge in [0.2, 0.25) is 9.84 Å². The van der Waals surface area contributed by atoms with Gasteiger partial charge in [0.05, 0.1) is 20.9 Å². The van der Waals surface area contributed by atoms with E-state index in [9.17, 15) is 31.9 Å². The fraction of sp³-hybridized carbons (Fsp3) is 0.300. The lowest BCUT2D eigenvalue weighted by molar-refractivity contribution is 0.0904. The van der Waals surface area contributed by atoms with Gasteiger partial charge in [0.1, 0.15) is 11.6 Å². The summed E-state index contributed by atoms with van der Waals surface area (Å²) in [6, 6.07) is 10.8. The number of likely N-dealkylation sites (N-methyl/N-ethyl adjacent to an activating group) is 1. The molecule has 4 aromatic rings. The summed E-state index contributed by atoms with van der Waals surface area (Å²) >= 11 is 0. The maximum atomic E-state index is 13.8. The Hall–Kier alpha value is -4.40. The van der Waals surface area contributed by atoms with Crippen LogP contribution in [-0.2, 0) is 21.0 Å². The molecule has 0 radical (unpaired) electrons. The van der Waals surface area contributed by atoms with E-state index in [1.54, 1.807) is 6.07 Å². The van der Waals surface area contributed by atoms with Crippen molar-refractivity contribution in [3.05, 3.63) is 77.4 Å². The zero-order chi connectivity index (χ0) is 31.6. The molecule has 0 aliphatic carbocycles. The first-order chi connectivity index (χ1) is 20.9. The van der Waals surface area contributed by atoms with Gasteiger partial charge in [0, 0.05) is 42.9 Å². The van der Waals surface area contributed by atoms with Crippen LogP contribution in [0.1, 0.15) is 28.8 Å². The van der Waals surface area contributed by atoms with Gasteiger partial charge in [-0.15, -0.1) is 5.10 Å². The highest BCUT2D eigenvalue weighted by Gasteiger charge is 2.25. The number of halogens is 2. The van der Waals surface area contributed by atoms with E-state index in [0.29, 0.717) is 41.8 Å². The first-order valence-corrected chi connectivity index (χ1v) is 15.3. The molecule has 14 heteroatoms. The number of carboxylic acid groups (broad SMARTS) is 1. The highest BCUT2D eigenvalue weighted by molar-refractivity contribution is 7.91. The van der Waals surface area contributed by atoms with Crippen molar-refractivity contribution in [3.8, 4) is 0 Å². The van der Waals surface area contributed by atoms with Gasteiger partial charge in [0.25, 0.3) is 5.91 Å². The molecule has 0 atom stereocenters. The summed E-state index contributed by atoms with van der Waals surface area (Å²) < 4.78 is 60.2. The zero-order valence-corrected chi connectivity index (χ0v) is 24.8. The number of fused-ring (bicyclic) bond motifs is 1. The molecule has 1 fully saturated rings. The molecule has 1 aliphatic rings. The number of hydrogen-bond acceptors (Lipinski definition) is 8. The minimum absolute atomic E-state index is 0.000224. The second-order valence-corrected chi connectivity index (χ2v) is 12.7. The van der Waals surface area contributed by atoms with Crippen LogP contribution < -0.4 is 10.6 Å². The standard InChI is InChI=1S/C30H31F2N5O6S/c1-36(2)10-7-18-3-5-24(26(13-18)33-21-8-11-43-12-9-21)29(38)34-28-25-17-22(4-6-27(25)37(35-28)30(39)40)44(41,42)23-15-19(31)14-20(32)16-23/h3-6,13-17,21,33H,7-12H2,1-2H3,(H,39,40)(H,34,35,38). The van der Waals surface area contributed by atoms with E-state index in [4.69, 9.17) is 4.74 Å². The smallest absolute Gasteiger partial charge is 0.432 e. The molecule has 1 aromatic heterocycles. The van der Waals surface area contributed by atoms with Crippen LogP contribution >= 0.6 is 0 Å². The van der Waals surface area contributed by atoms with Gasteiger partial charge in [-0.25, -0.2) is 22.0 Å². The number of ether oxygens (including phenoxy) is 1. The first kappa shape index (κ1) is 31.0. The maximum absolute atomic E-state index is 13.8. The maximum Gasteiger partial charge on any atom is 0.432 e. The number of aromatic nitrogens is 2. The quantitative estimate of drug-likeness (QED) is 0.242. The lowest BCUT2D eigenvalue weighted by Crippen LogP contribution is -2.29. The number of anilines is 2. The van der Waals surface area contributed by atoms with E-state index in [1.165, 1.54) is 6.07 Å². The van der Waals surface area contributed by atoms with Crippen molar-refractivity contribution in [3.63, 3.8) is 0 Å². The van der Waals surface area contributed by atoms with Gasteiger partial charge in [0.15, 0.2) is 5.82 Å². The van der Waals surface area contributed by atoms with Crippen molar-refractivity contribution in [2.45, 2.75) is 35.1 Å². The van der Waals surface area contributed by atoms with Gasteiger partial charge in [-0.1, -0.05) is 6.07 Å². The average Bonchev–Trinajstić information content (AvgIpc) is 3.34. The molecule has 11 nitrogen and oxygen atoms in total. The minimum atomic E-state index is -4.42. The lowest BCUT2D eigenvalue weighted by atomic mass is 10.0. The van der Waals surface area contributed by atoms with Crippen molar-refractivity contribution in [1.29, 1.82) is 0 Å². The minimum Gasteiger partial charge on any atom is -0.463 e. The van der Waals surface area contributed by atoms with E-state index in [1.807, 2.05) is 26.2 Å². The summed E-state index contributed by atoms with van der Waals surface area (Å²) in [6.45, 7) is 1.98. The molecule has 232 valence electrons. The normalized spacial score (nSPS) is 14.2. The van der Waals surface area contributed by atoms with Crippen LogP contribution in [0.2, 0.25) is 0 Å². The second-order valence-electron chi connectivity index (χ2n) is 10.7. The van der Waals surface area contributed by atoms with Crippen LogP contribution in [0.5, 0.6) is 0 Å². The fourth-order valence-electron chi connectivity index (χ4n) is 4.98. The highest BCUT2D eigenvalue weighted by Crippen LogP contribution is 2.31. The van der Waals surface area contributed by atoms with E-state index in [2.05, 4.69) is 20.6 Å². The SMILES string of the molecule is CN(C)CCc1ccc(C(=O)Nc2nn(C(=O)O)c3ccc(S(=O)(=O)c4cc(F)cc(F)c4)cc23)c(NC2CCOCC2)c1. The van der Waals surface area contributed by atoms with Gasteiger partial charge in [-0.2, -0.15) is 4.68 Å². The fourth-order valence-corrected chi connectivity index (χ4v) is 6.30. The zero-order valence-electron chi connectivity index (χ0n) is 24.0. The molecule has 0 spiro atoms. The van der Waals surface area contributed by atoms with E-state index in [-0.39, 0.29) is 33.2 Å². The molecular formula is C30H31F2N5O6S. The van der Waals surface area contributed by atoms with Crippen LogP contribution in [0, 0.1) is 11.6 Å². The number of carbonyl (C=O) groups excluding carboxylic acids is 1. The molecule has 0 unspecified atom stereocenters. The third kappa shape index (κ3) is 6.72. The monoisotopic (exact) mass is 627 g/mol. The van der Waals surface area contributed by atoms with Crippen LogP contribution in [0.3, 0.4) is 0 Å². The van der Waals surface area contributed by atoms with E-state index < -0.39 is 38.4 Å². The van der Waals surface area contributed by atoms with Gasteiger partial charge in [-0.3, -0.25) is 4.79 Å². The number of sulfone groups is 1. The Labute approximate surface area is 252 Å². The second kappa shape index (κ2) is 12.7. The molecule has 5 rings (SSSR count). The topological polar surface area (TPSA) is 143 Å².